The SMILES string of the molecule is CN/C=C\C(=C/C=O)NC(=O)c1cc(OC(F)(F)F)ccc1Oc1ccccc1C. The number of nitrogens with one attached hydrogen (secondary N) is 2. The summed E-state index contributed by atoms with van der Waals surface area (Å²) in [5, 5.41) is 5.14. The predicted octanol–water partition coefficient (Wildman–Crippen LogP) is 4.23. The first-order valence-electron chi connectivity index (χ1n) is 8.67. The van der Waals surface area contributed by atoms with Gasteiger partial charge in [-0.1, -0.05) is 18.2 Å². The van der Waals surface area contributed by atoms with Gasteiger partial charge in [-0.25, -0.2) is 0 Å². The topological polar surface area (TPSA) is 76.7 Å². The highest BCUT2D eigenvalue weighted by atomic mass is 19.4. The van der Waals surface area contributed by atoms with Gasteiger partial charge in [-0.05, 0) is 49.0 Å². The van der Waals surface area contributed by atoms with Gasteiger partial charge in [-0.15, -0.1) is 13.2 Å². The maximum atomic E-state index is 12.8. The van der Waals surface area contributed by atoms with Crippen LogP contribution in [0.5, 0.6) is 17.2 Å². The fraction of sp³-hybridized carbons (Fsp3) is 0.143. The minimum Gasteiger partial charge on any atom is -0.456 e. The average molecular weight is 420 g/mol. The third-order valence-corrected chi connectivity index (χ3v) is 3.68. The van der Waals surface area contributed by atoms with E-state index in [1.165, 1.54) is 18.3 Å². The number of allylic oxidation sites excluding steroid dienone is 2. The van der Waals surface area contributed by atoms with E-state index in [-0.39, 0.29) is 17.0 Å². The molecular weight excluding hydrogens is 401 g/mol. The zero-order valence-electron chi connectivity index (χ0n) is 16.1. The molecule has 0 aliphatic rings. The second kappa shape index (κ2) is 10.1. The van der Waals surface area contributed by atoms with Crippen molar-refractivity contribution in [2.24, 2.45) is 0 Å². The van der Waals surface area contributed by atoms with Crippen LogP contribution in [0.3, 0.4) is 0 Å². The Kier molecular flexibility index (Phi) is 7.62. The number of rotatable bonds is 8. The van der Waals surface area contributed by atoms with Gasteiger partial charge in [0.15, 0.2) is 0 Å². The van der Waals surface area contributed by atoms with Crippen molar-refractivity contribution in [1.29, 1.82) is 0 Å². The van der Waals surface area contributed by atoms with E-state index >= 15 is 0 Å². The van der Waals surface area contributed by atoms with Crippen LogP contribution >= 0.6 is 0 Å². The molecule has 0 saturated heterocycles. The van der Waals surface area contributed by atoms with E-state index in [2.05, 4.69) is 15.4 Å². The van der Waals surface area contributed by atoms with E-state index in [9.17, 15) is 22.8 Å². The van der Waals surface area contributed by atoms with Crippen molar-refractivity contribution in [2.45, 2.75) is 13.3 Å². The average Bonchev–Trinajstić information content (AvgIpc) is 2.68. The molecule has 9 heteroatoms. The maximum Gasteiger partial charge on any atom is 0.573 e. The molecule has 30 heavy (non-hydrogen) atoms. The van der Waals surface area contributed by atoms with Crippen LogP contribution in [-0.4, -0.2) is 25.6 Å². The number of ether oxygens (including phenoxy) is 2. The van der Waals surface area contributed by atoms with Crippen molar-refractivity contribution in [3.8, 4) is 17.2 Å². The van der Waals surface area contributed by atoms with Crippen molar-refractivity contribution in [3.05, 3.63) is 77.6 Å². The molecule has 0 aromatic heterocycles. The fourth-order valence-electron chi connectivity index (χ4n) is 2.35. The Hall–Kier alpha value is -3.75. The number of hydrogen-bond acceptors (Lipinski definition) is 5. The van der Waals surface area contributed by atoms with Gasteiger partial charge >= 0.3 is 6.36 Å². The lowest BCUT2D eigenvalue weighted by Gasteiger charge is -2.15. The van der Waals surface area contributed by atoms with Crippen LogP contribution in [0.2, 0.25) is 0 Å². The first-order valence-corrected chi connectivity index (χ1v) is 8.67. The van der Waals surface area contributed by atoms with Crippen LogP contribution in [0.1, 0.15) is 15.9 Å². The largest absolute Gasteiger partial charge is 0.573 e. The molecule has 0 aliphatic carbocycles. The van der Waals surface area contributed by atoms with Crippen LogP contribution in [-0.2, 0) is 4.79 Å². The molecule has 0 bridgehead atoms. The molecule has 0 fully saturated rings. The van der Waals surface area contributed by atoms with Gasteiger partial charge in [0.2, 0.25) is 0 Å². The number of para-hydroxylation sites is 1. The summed E-state index contributed by atoms with van der Waals surface area (Å²) in [5.74, 6) is -0.939. The zero-order valence-corrected chi connectivity index (χ0v) is 16.1. The summed E-state index contributed by atoms with van der Waals surface area (Å²) in [6, 6.07) is 10.1. The Morgan fingerprint density at radius 2 is 1.83 bits per heavy atom. The fourth-order valence-corrected chi connectivity index (χ4v) is 2.35. The van der Waals surface area contributed by atoms with E-state index < -0.39 is 18.0 Å². The van der Waals surface area contributed by atoms with Gasteiger partial charge in [0.05, 0.1) is 5.56 Å². The number of amides is 1. The summed E-state index contributed by atoms with van der Waals surface area (Å²) >= 11 is 0. The number of aryl methyl sites for hydroxylation is 1. The van der Waals surface area contributed by atoms with Crippen LogP contribution in [0, 0.1) is 6.92 Å². The number of hydrogen-bond donors (Lipinski definition) is 2. The lowest BCUT2D eigenvalue weighted by Crippen LogP contribution is -2.23. The normalized spacial score (nSPS) is 11.8. The number of halogens is 3. The first-order chi connectivity index (χ1) is 14.2. The highest BCUT2D eigenvalue weighted by molar-refractivity contribution is 5.99. The summed E-state index contributed by atoms with van der Waals surface area (Å²) < 4.78 is 47.5. The molecule has 0 heterocycles. The summed E-state index contributed by atoms with van der Waals surface area (Å²) in [5.41, 5.74) is 0.668. The second-order valence-electron chi connectivity index (χ2n) is 5.91. The lowest BCUT2D eigenvalue weighted by atomic mass is 10.1. The lowest BCUT2D eigenvalue weighted by molar-refractivity contribution is -0.274. The molecule has 1 amide bonds. The molecule has 0 atom stereocenters. The van der Waals surface area contributed by atoms with Gasteiger partial charge in [0, 0.05) is 18.8 Å². The Balaban J connectivity index is 2.43. The van der Waals surface area contributed by atoms with Crippen LogP contribution in [0.15, 0.2) is 66.5 Å². The molecule has 0 unspecified atom stereocenters. The second-order valence-corrected chi connectivity index (χ2v) is 5.91. The molecule has 158 valence electrons. The molecule has 2 aromatic rings. The monoisotopic (exact) mass is 420 g/mol. The standard InChI is InChI=1S/C21H19F3N2O4/c1-14-5-3-4-6-18(14)29-19-8-7-16(30-21(22,23)24)13-17(19)20(28)26-15(10-12-27)9-11-25-2/h3-13,25H,1-2H3,(H,26,28)/b11-9-,15-10+. The van der Waals surface area contributed by atoms with Gasteiger partial charge in [-0.3, -0.25) is 9.59 Å². The zero-order chi connectivity index (χ0) is 22.1. The molecular formula is C21H19F3N2O4. The van der Waals surface area contributed by atoms with Crippen LogP contribution < -0.4 is 20.1 Å². The summed E-state index contributed by atoms with van der Waals surface area (Å²) in [7, 11) is 1.61. The minimum atomic E-state index is -4.93. The summed E-state index contributed by atoms with van der Waals surface area (Å²) in [6.45, 7) is 1.78. The molecule has 6 nitrogen and oxygen atoms in total. The summed E-state index contributed by atoms with van der Waals surface area (Å²) in [6.07, 6.45) is -0.509. The highest BCUT2D eigenvalue weighted by Crippen LogP contribution is 2.32. The quantitative estimate of drug-likeness (QED) is 0.380. The minimum absolute atomic E-state index is 0.0133. The number of aldehydes is 1. The van der Waals surface area contributed by atoms with Gasteiger partial charge < -0.3 is 20.1 Å². The van der Waals surface area contributed by atoms with Crippen molar-refractivity contribution in [1.82, 2.24) is 10.6 Å². The summed E-state index contributed by atoms with van der Waals surface area (Å²) in [4.78, 5) is 23.6. The predicted molar refractivity (Wildman–Crippen MR) is 104 cm³/mol. The van der Waals surface area contributed by atoms with Crippen molar-refractivity contribution >= 4 is 12.2 Å². The third kappa shape index (κ3) is 6.69. The van der Waals surface area contributed by atoms with Crippen molar-refractivity contribution < 1.29 is 32.2 Å². The Morgan fingerprint density at radius 3 is 2.47 bits per heavy atom. The molecule has 0 radical (unpaired) electrons. The number of alkyl halides is 3. The van der Waals surface area contributed by atoms with Crippen molar-refractivity contribution in [3.63, 3.8) is 0 Å². The van der Waals surface area contributed by atoms with E-state index in [1.54, 1.807) is 38.2 Å². The smallest absolute Gasteiger partial charge is 0.456 e. The number of benzene rings is 2. The maximum absolute atomic E-state index is 12.8. The molecule has 2 rings (SSSR count). The molecule has 0 spiro atoms. The van der Waals surface area contributed by atoms with E-state index in [1.807, 2.05) is 0 Å². The number of carbonyl (C=O) groups is 2. The van der Waals surface area contributed by atoms with Gasteiger partial charge in [0.25, 0.3) is 5.91 Å². The third-order valence-electron chi connectivity index (χ3n) is 3.68. The molecule has 0 saturated carbocycles. The Labute approximate surface area is 171 Å². The molecule has 2 aromatic carbocycles. The molecule has 2 N–H and O–H groups in total. The van der Waals surface area contributed by atoms with Crippen LogP contribution in [0.25, 0.3) is 0 Å². The first kappa shape index (κ1) is 22.5. The van der Waals surface area contributed by atoms with E-state index in [0.717, 1.165) is 23.8 Å². The Morgan fingerprint density at radius 1 is 1.10 bits per heavy atom. The van der Waals surface area contributed by atoms with E-state index in [4.69, 9.17) is 4.74 Å². The van der Waals surface area contributed by atoms with Crippen molar-refractivity contribution in [2.75, 3.05) is 7.05 Å². The van der Waals surface area contributed by atoms with E-state index in [0.29, 0.717) is 12.0 Å². The van der Waals surface area contributed by atoms with Crippen LogP contribution in [0.4, 0.5) is 13.2 Å². The highest BCUT2D eigenvalue weighted by Gasteiger charge is 2.31. The molecule has 0 aliphatic heterocycles. The number of carbonyl (C=O) groups excluding carboxylic acids is 2. The van der Waals surface area contributed by atoms with Gasteiger partial charge in [0.1, 0.15) is 23.5 Å². The Bertz CT molecular complexity index is 969. The van der Waals surface area contributed by atoms with Gasteiger partial charge in [-0.2, -0.15) is 0 Å².